The third-order valence-electron chi connectivity index (χ3n) is 5.76. The lowest BCUT2D eigenvalue weighted by molar-refractivity contribution is 0.0320. The molecule has 0 bridgehead atoms. The molecule has 1 unspecified atom stereocenters. The van der Waals surface area contributed by atoms with E-state index in [1.165, 1.54) is 32.1 Å². The summed E-state index contributed by atoms with van der Waals surface area (Å²) in [5.41, 5.74) is 0.203. The van der Waals surface area contributed by atoms with Crippen LogP contribution >= 0.6 is 0 Å². The van der Waals surface area contributed by atoms with Gasteiger partial charge in [0.15, 0.2) is 5.96 Å². The SMILES string of the molecule is CCNC(=NCC1(CCO)CCCCC1)NCC(C)CN1CCOCC1. The number of aliphatic imine (C=N–C) groups is 1. The van der Waals surface area contributed by atoms with Gasteiger partial charge < -0.3 is 20.5 Å². The van der Waals surface area contributed by atoms with Crippen molar-refractivity contribution in [2.45, 2.75) is 52.4 Å². The first-order chi connectivity index (χ1) is 12.7. The van der Waals surface area contributed by atoms with Crippen LogP contribution in [-0.2, 0) is 4.74 Å². The van der Waals surface area contributed by atoms with E-state index in [1.807, 2.05) is 0 Å². The highest BCUT2D eigenvalue weighted by Crippen LogP contribution is 2.39. The number of nitrogens with zero attached hydrogens (tertiary/aromatic N) is 2. The normalized spacial score (nSPS) is 22.8. The van der Waals surface area contributed by atoms with E-state index in [0.717, 1.165) is 64.9 Å². The molecule has 0 radical (unpaired) electrons. The van der Waals surface area contributed by atoms with E-state index in [9.17, 15) is 5.11 Å². The van der Waals surface area contributed by atoms with E-state index in [1.54, 1.807) is 0 Å². The molecule has 1 atom stereocenters. The van der Waals surface area contributed by atoms with Gasteiger partial charge in [0.05, 0.1) is 13.2 Å². The Kier molecular flexibility index (Phi) is 9.72. The van der Waals surface area contributed by atoms with Crippen molar-refractivity contribution < 1.29 is 9.84 Å². The van der Waals surface area contributed by atoms with Crippen molar-refractivity contribution in [2.24, 2.45) is 16.3 Å². The minimum Gasteiger partial charge on any atom is -0.396 e. The van der Waals surface area contributed by atoms with E-state index in [-0.39, 0.29) is 12.0 Å². The highest BCUT2D eigenvalue weighted by Gasteiger charge is 2.31. The quantitative estimate of drug-likeness (QED) is 0.428. The van der Waals surface area contributed by atoms with Crippen LogP contribution in [0.25, 0.3) is 0 Å². The van der Waals surface area contributed by atoms with Gasteiger partial charge in [-0.1, -0.05) is 26.2 Å². The van der Waals surface area contributed by atoms with Gasteiger partial charge in [-0.3, -0.25) is 9.89 Å². The highest BCUT2D eigenvalue weighted by molar-refractivity contribution is 5.79. The third kappa shape index (κ3) is 7.41. The summed E-state index contributed by atoms with van der Waals surface area (Å²) in [7, 11) is 0. The van der Waals surface area contributed by atoms with Gasteiger partial charge in [-0.15, -0.1) is 0 Å². The van der Waals surface area contributed by atoms with Gasteiger partial charge >= 0.3 is 0 Å². The van der Waals surface area contributed by atoms with Gasteiger partial charge in [0.2, 0.25) is 0 Å². The van der Waals surface area contributed by atoms with E-state index >= 15 is 0 Å². The van der Waals surface area contributed by atoms with Crippen LogP contribution in [0, 0.1) is 11.3 Å². The topological polar surface area (TPSA) is 69.1 Å². The van der Waals surface area contributed by atoms with Gasteiger partial charge in [0.25, 0.3) is 0 Å². The lowest BCUT2D eigenvalue weighted by Gasteiger charge is -2.36. The molecule has 1 aliphatic heterocycles. The van der Waals surface area contributed by atoms with Crippen LogP contribution < -0.4 is 10.6 Å². The largest absolute Gasteiger partial charge is 0.396 e. The van der Waals surface area contributed by atoms with Gasteiger partial charge in [-0.2, -0.15) is 0 Å². The molecule has 0 aromatic carbocycles. The number of aliphatic hydroxyl groups excluding tert-OH is 1. The van der Waals surface area contributed by atoms with Crippen LogP contribution in [0.5, 0.6) is 0 Å². The van der Waals surface area contributed by atoms with Crippen molar-refractivity contribution in [1.82, 2.24) is 15.5 Å². The van der Waals surface area contributed by atoms with Crippen molar-refractivity contribution in [3.63, 3.8) is 0 Å². The Morgan fingerprint density at radius 1 is 1.19 bits per heavy atom. The number of nitrogens with one attached hydrogen (secondary N) is 2. The summed E-state index contributed by atoms with van der Waals surface area (Å²) in [6.07, 6.45) is 7.15. The summed E-state index contributed by atoms with van der Waals surface area (Å²) in [5.74, 6) is 1.49. The number of aliphatic hydroxyl groups is 1. The summed E-state index contributed by atoms with van der Waals surface area (Å²) in [4.78, 5) is 7.38. The molecule has 2 fully saturated rings. The molecule has 0 aromatic heterocycles. The van der Waals surface area contributed by atoms with E-state index in [4.69, 9.17) is 9.73 Å². The Hall–Kier alpha value is -0.850. The number of rotatable bonds is 9. The molecule has 2 aliphatic rings. The molecular weight excluding hydrogens is 328 g/mol. The van der Waals surface area contributed by atoms with Gasteiger partial charge in [-0.25, -0.2) is 0 Å². The predicted octanol–water partition coefficient (Wildman–Crippen LogP) is 1.84. The minimum absolute atomic E-state index is 0.203. The maximum atomic E-state index is 9.49. The summed E-state index contributed by atoms with van der Waals surface area (Å²) >= 11 is 0. The molecular formula is C20H40N4O2. The number of hydrogen-bond donors (Lipinski definition) is 3. The predicted molar refractivity (Wildman–Crippen MR) is 108 cm³/mol. The molecule has 2 rings (SSSR count). The fourth-order valence-corrected chi connectivity index (χ4v) is 4.17. The molecule has 0 aromatic rings. The average molecular weight is 369 g/mol. The Morgan fingerprint density at radius 3 is 2.58 bits per heavy atom. The van der Waals surface area contributed by atoms with Crippen LogP contribution in [0.1, 0.15) is 52.4 Å². The van der Waals surface area contributed by atoms with Crippen molar-refractivity contribution in [1.29, 1.82) is 0 Å². The Morgan fingerprint density at radius 2 is 1.92 bits per heavy atom. The average Bonchev–Trinajstić information content (AvgIpc) is 2.66. The Bertz CT molecular complexity index is 399. The number of morpholine rings is 1. The summed E-state index contributed by atoms with van der Waals surface area (Å²) in [6, 6.07) is 0. The monoisotopic (exact) mass is 368 g/mol. The molecule has 1 saturated carbocycles. The molecule has 1 aliphatic carbocycles. The maximum absolute atomic E-state index is 9.49. The second-order valence-electron chi connectivity index (χ2n) is 8.13. The maximum Gasteiger partial charge on any atom is 0.191 e. The van der Waals surface area contributed by atoms with E-state index in [2.05, 4.69) is 29.4 Å². The zero-order valence-corrected chi connectivity index (χ0v) is 16.9. The van der Waals surface area contributed by atoms with Crippen LogP contribution in [0.3, 0.4) is 0 Å². The Labute approximate surface area is 159 Å². The van der Waals surface area contributed by atoms with Crippen LogP contribution in [0.4, 0.5) is 0 Å². The molecule has 0 spiro atoms. The molecule has 6 heteroatoms. The lowest BCUT2D eigenvalue weighted by atomic mass is 9.72. The van der Waals surface area contributed by atoms with E-state index in [0.29, 0.717) is 5.92 Å². The van der Waals surface area contributed by atoms with Crippen LogP contribution in [0.15, 0.2) is 4.99 Å². The molecule has 6 nitrogen and oxygen atoms in total. The van der Waals surface area contributed by atoms with Crippen LogP contribution in [-0.4, -0.2) is 75.1 Å². The fraction of sp³-hybridized carbons (Fsp3) is 0.950. The number of hydrogen-bond acceptors (Lipinski definition) is 4. The number of guanidine groups is 1. The smallest absolute Gasteiger partial charge is 0.191 e. The summed E-state index contributed by atoms with van der Waals surface area (Å²) < 4.78 is 5.43. The molecule has 0 amide bonds. The van der Waals surface area contributed by atoms with E-state index < -0.39 is 0 Å². The van der Waals surface area contributed by atoms with Crippen molar-refractivity contribution in [3.05, 3.63) is 0 Å². The fourth-order valence-electron chi connectivity index (χ4n) is 4.17. The number of ether oxygens (including phenoxy) is 1. The first-order valence-corrected chi connectivity index (χ1v) is 10.6. The second-order valence-corrected chi connectivity index (χ2v) is 8.13. The standard InChI is InChI=1S/C20H40N4O2/c1-3-21-19(22-15-18(2)16-24-10-13-26-14-11-24)23-17-20(9-12-25)7-5-4-6-8-20/h18,25H,3-17H2,1-2H3,(H2,21,22,23). The second kappa shape index (κ2) is 11.8. The molecule has 1 saturated heterocycles. The van der Waals surface area contributed by atoms with Crippen molar-refractivity contribution in [3.8, 4) is 0 Å². The van der Waals surface area contributed by atoms with Crippen LogP contribution in [0.2, 0.25) is 0 Å². The lowest BCUT2D eigenvalue weighted by Crippen LogP contribution is -2.44. The summed E-state index contributed by atoms with van der Waals surface area (Å²) in [5, 5.41) is 16.4. The van der Waals surface area contributed by atoms with Gasteiger partial charge in [0, 0.05) is 45.9 Å². The molecule has 26 heavy (non-hydrogen) atoms. The van der Waals surface area contributed by atoms with Crippen molar-refractivity contribution in [2.75, 3.05) is 59.1 Å². The minimum atomic E-state index is 0.203. The molecule has 1 heterocycles. The summed E-state index contributed by atoms with van der Waals surface area (Å²) in [6.45, 7) is 12.2. The molecule has 3 N–H and O–H groups in total. The zero-order valence-electron chi connectivity index (χ0n) is 16.9. The Balaban J connectivity index is 1.82. The van der Waals surface area contributed by atoms with Gasteiger partial charge in [0.1, 0.15) is 0 Å². The molecule has 152 valence electrons. The third-order valence-corrected chi connectivity index (χ3v) is 5.76. The zero-order chi connectivity index (χ0) is 18.7. The first-order valence-electron chi connectivity index (χ1n) is 10.6. The highest BCUT2D eigenvalue weighted by atomic mass is 16.5. The van der Waals surface area contributed by atoms with Gasteiger partial charge in [-0.05, 0) is 37.5 Å². The van der Waals surface area contributed by atoms with Crippen molar-refractivity contribution >= 4 is 5.96 Å². The first kappa shape index (κ1) is 21.5.